The summed E-state index contributed by atoms with van der Waals surface area (Å²) in [6.07, 6.45) is 5.54. The van der Waals surface area contributed by atoms with Gasteiger partial charge in [-0.2, -0.15) is 0 Å². The first-order valence-corrected chi connectivity index (χ1v) is 7.54. The van der Waals surface area contributed by atoms with Gasteiger partial charge in [-0.05, 0) is 51.2 Å². The molecule has 1 N–H and O–H groups in total. The second kappa shape index (κ2) is 7.82. The molecule has 0 amide bonds. The maximum absolute atomic E-state index is 5.30. The SMILES string of the molecule is COCC(C)(C)CN1CCC(NCC2CC2)CC1.Cl. The number of piperidine rings is 1. The van der Waals surface area contributed by atoms with Crippen molar-refractivity contribution in [2.24, 2.45) is 11.3 Å². The summed E-state index contributed by atoms with van der Waals surface area (Å²) in [5.74, 6) is 1.00. The van der Waals surface area contributed by atoms with Gasteiger partial charge in [-0.3, -0.25) is 0 Å². The van der Waals surface area contributed by atoms with Gasteiger partial charge in [-0.25, -0.2) is 0 Å². The summed E-state index contributed by atoms with van der Waals surface area (Å²) in [5, 5.41) is 3.74. The van der Waals surface area contributed by atoms with Crippen molar-refractivity contribution in [3.05, 3.63) is 0 Å². The molecule has 2 rings (SSSR count). The first kappa shape index (κ1) is 17.2. The number of nitrogens with one attached hydrogen (secondary N) is 1. The van der Waals surface area contributed by atoms with E-state index in [1.165, 1.54) is 45.3 Å². The van der Waals surface area contributed by atoms with Crippen molar-refractivity contribution in [1.29, 1.82) is 0 Å². The molecule has 1 saturated carbocycles. The summed E-state index contributed by atoms with van der Waals surface area (Å²) in [6, 6.07) is 0.771. The maximum Gasteiger partial charge on any atom is 0.0525 e. The number of nitrogens with zero attached hydrogens (tertiary/aromatic N) is 1. The van der Waals surface area contributed by atoms with Gasteiger partial charge in [-0.1, -0.05) is 13.8 Å². The average Bonchev–Trinajstić information content (AvgIpc) is 3.11. The maximum atomic E-state index is 5.30. The summed E-state index contributed by atoms with van der Waals surface area (Å²) in [6.45, 7) is 10.4. The molecule has 3 nitrogen and oxygen atoms in total. The predicted molar refractivity (Wildman–Crippen MR) is 83.1 cm³/mol. The highest BCUT2D eigenvalue weighted by Gasteiger charge is 2.27. The molecule has 0 unspecified atom stereocenters. The molecule has 0 aromatic rings. The van der Waals surface area contributed by atoms with Crippen LogP contribution < -0.4 is 5.32 Å². The van der Waals surface area contributed by atoms with Gasteiger partial charge in [0.25, 0.3) is 0 Å². The molecule has 0 aromatic carbocycles. The molecule has 1 heterocycles. The van der Waals surface area contributed by atoms with Crippen LogP contribution in [0.4, 0.5) is 0 Å². The van der Waals surface area contributed by atoms with Crippen molar-refractivity contribution in [3.8, 4) is 0 Å². The predicted octanol–water partition coefficient (Wildman–Crippen LogP) is 2.54. The van der Waals surface area contributed by atoms with E-state index in [0.29, 0.717) is 0 Å². The first-order chi connectivity index (χ1) is 8.59. The average molecular weight is 291 g/mol. The second-order valence-electron chi connectivity index (χ2n) is 7.00. The summed E-state index contributed by atoms with van der Waals surface area (Å²) < 4.78 is 5.30. The van der Waals surface area contributed by atoms with Crippen LogP contribution in [0, 0.1) is 11.3 Å². The highest BCUT2D eigenvalue weighted by molar-refractivity contribution is 5.85. The van der Waals surface area contributed by atoms with Gasteiger partial charge in [0, 0.05) is 25.1 Å². The quantitative estimate of drug-likeness (QED) is 0.780. The van der Waals surface area contributed by atoms with Crippen molar-refractivity contribution < 1.29 is 4.74 Å². The second-order valence-corrected chi connectivity index (χ2v) is 7.00. The Kier molecular flexibility index (Phi) is 7.09. The molecular weight excluding hydrogens is 260 g/mol. The lowest BCUT2D eigenvalue weighted by atomic mass is 9.92. The number of hydrogen-bond donors (Lipinski definition) is 1. The van der Waals surface area contributed by atoms with Gasteiger partial charge < -0.3 is 15.0 Å². The number of likely N-dealkylation sites (tertiary alicyclic amines) is 1. The van der Waals surface area contributed by atoms with E-state index in [2.05, 4.69) is 24.1 Å². The third-order valence-electron chi connectivity index (χ3n) is 4.17. The fourth-order valence-corrected chi connectivity index (χ4v) is 2.99. The minimum Gasteiger partial charge on any atom is -0.384 e. The molecule has 1 saturated heterocycles. The van der Waals surface area contributed by atoms with E-state index in [1.807, 2.05) is 0 Å². The van der Waals surface area contributed by atoms with Crippen molar-refractivity contribution in [3.63, 3.8) is 0 Å². The smallest absolute Gasteiger partial charge is 0.0525 e. The molecular formula is C15H31ClN2O. The summed E-state index contributed by atoms with van der Waals surface area (Å²) in [5.41, 5.74) is 0.281. The van der Waals surface area contributed by atoms with Crippen LogP contribution in [0.5, 0.6) is 0 Å². The Labute approximate surface area is 124 Å². The standard InChI is InChI=1S/C15H30N2O.ClH/c1-15(2,12-18-3)11-17-8-6-14(7-9-17)16-10-13-4-5-13;/h13-14,16H,4-12H2,1-3H3;1H. The molecule has 2 fully saturated rings. The molecule has 19 heavy (non-hydrogen) atoms. The first-order valence-electron chi connectivity index (χ1n) is 7.54. The molecule has 2 aliphatic rings. The molecule has 0 atom stereocenters. The van der Waals surface area contributed by atoms with Gasteiger partial charge in [0.2, 0.25) is 0 Å². The fourth-order valence-electron chi connectivity index (χ4n) is 2.99. The van der Waals surface area contributed by atoms with E-state index in [9.17, 15) is 0 Å². The van der Waals surface area contributed by atoms with Crippen LogP contribution >= 0.6 is 12.4 Å². The molecule has 0 aromatic heterocycles. The van der Waals surface area contributed by atoms with Crippen LogP contribution in [0.2, 0.25) is 0 Å². The molecule has 1 aliphatic heterocycles. The highest BCUT2D eigenvalue weighted by atomic mass is 35.5. The zero-order chi connectivity index (χ0) is 13.0. The van der Waals surface area contributed by atoms with Gasteiger partial charge in [0.05, 0.1) is 6.61 Å². The lowest BCUT2D eigenvalue weighted by Gasteiger charge is -2.37. The number of ether oxygens (including phenoxy) is 1. The molecule has 0 radical (unpaired) electrons. The monoisotopic (exact) mass is 290 g/mol. The Morgan fingerprint density at radius 2 is 1.79 bits per heavy atom. The Bertz CT molecular complexity index is 249. The van der Waals surface area contributed by atoms with Crippen LogP contribution in [0.1, 0.15) is 39.5 Å². The third kappa shape index (κ3) is 6.44. The molecule has 4 heteroatoms. The van der Waals surface area contributed by atoms with Crippen LogP contribution in [0.15, 0.2) is 0 Å². The van der Waals surface area contributed by atoms with Gasteiger partial charge in [0.15, 0.2) is 0 Å². The third-order valence-corrected chi connectivity index (χ3v) is 4.17. The van der Waals surface area contributed by atoms with Gasteiger partial charge in [-0.15, -0.1) is 12.4 Å². The van der Waals surface area contributed by atoms with Crippen molar-refractivity contribution in [1.82, 2.24) is 10.2 Å². The summed E-state index contributed by atoms with van der Waals surface area (Å²) >= 11 is 0. The Morgan fingerprint density at radius 3 is 2.32 bits per heavy atom. The summed E-state index contributed by atoms with van der Waals surface area (Å²) in [4.78, 5) is 2.61. The van der Waals surface area contributed by atoms with Gasteiger partial charge in [0.1, 0.15) is 0 Å². The zero-order valence-electron chi connectivity index (χ0n) is 12.8. The van der Waals surface area contributed by atoms with Crippen LogP contribution in [0.3, 0.4) is 0 Å². The fraction of sp³-hybridized carbons (Fsp3) is 1.00. The molecule has 1 aliphatic carbocycles. The van der Waals surface area contributed by atoms with Crippen LogP contribution in [-0.4, -0.2) is 50.8 Å². The van der Waals surface area contributed by atoms with E-state index in [0.717, 1.165) is 25.1 Å². The van der Waals surface area contributed by atoms with Crippen LogP contribution in [0.25, 0.3) is 0 Å². The lowest BCUT2D eigenvalue weighted by molar-refractivity contribution is 0.0595. The zero-order valence-corrected chi connectivity index (χ0v) is 13.6. The Morgan fingerprint density at radius 1 is 1.16 bits per heavy atom. The molecule has 0 spiro atoms. The number of rotatable bonds is 7. The normalized spacial score (nSPS) is 22.3. The Hall–Kier alpha value is 0.170. The van der Waals surface area contributed by atoms with Crippen molar-refractivity contribution in [2.75, 3.05) is 39.9 Å². The van der Waals surface area contributed by atoms with E-state index >= 15 is 0 Å². The molecule has 0 bridgehead atoms. The highest BCUT2D eigenvalue weighted by Crippen LogP contribution is 2.28. The summed E-state index contributed by atoms with van der Waals surface area (Å²) in [7, 11) is 1.80. The lowest BCUT2D eigenvalue weighted by Crippen LogP contribution is -2.46. The van der Waals surface area contributed by atoms with E-state index in [4.69, 9.17) is 4.74 Å². The van der Waals surface area contributed by atoms with Crippen LogP contribution in [-0.2, 0) is 4.74 Å². The van der Waals surface area contributed by atoms with Gasteiger partial charge >= 0.3 is 0 Å². The number of hydrogen-bond acceptors (Lipinski definition) is 3. The minimum atomic E-state index is 0. The van der Waals surface area contributed by atoms with E-state index < -0.39 is 0 Å². The minimum absolute atomic E-state index is 0. The van der Waals surface area contributed by atoms with Crippen molar-refractivity contribution in [2.45, 2.75) is 45.6 Å². The number of halogens is 1. The number of methoxy groups -OCH3 is 1. The Balaban J connectivity index is 0.00000180. The van der Waals surface area contributed by atoms with E-state index in [-0.39, 0.29) is 17.8 Å². The van der Waals surface area contributed by atoms with E-state index in [1.54, 1.807) is 7.11 Å². The molecule has 114 valence electrons. The largest absolute Gasteiger partial charge is 0.384 e. The topological polar surface area (TPSA) is 24.5 Å². The van der Waals surface area contributed by atoms with Crippen molar-refractivity contribution >= 4 is 12.4 Å².